The number of hydrogen-bond acceptors (Lipinski definition) is 3. The van der Waals surface area contributed by atoms with Crippen LogP contribution in [0.1, 0.15) is 69.9 Å². The fourth-order valence-corrected chi connectivity index (χ4v) is 3.29. The third kappa shape index (κ3) is 5.71. The zero-order valence-corrected chi connectivity index (χ0v) is 16.7. The fraction of sp³-hybridized carbons (Fsp3) is 0.591. The van der Waals surface area contributed by atoms with E-state index in [1.165, 1.54) is 47.5 Å². The summed E-state index contributed by atoms with van der Waals surface area (Å²) in [4.78, 5) is 7.12. The van der Waals surface area contributed by atoms with Crippen molar-refractivity contribution < 1.29 is 0 Å². The molecule has 0 fully saturated rings. The van der Waals surface area contributed by atoms with Gasteiger partial charge in [0.25, 0.3) is 0 Å². The molecule has 1 aromatic rings. The van der Waals surface area contributed by atoms with E-state index in [4.69, 9.17) is 4.99 Å². The van der Waals surface area contributed by atoms with Crippen LogP contribution in [0.15, 0.2) is 35.0 Å². The van der Waals surface area contributed by atoms with Crippen LogP contribution in [-0.2, 0) is 6.54 Å². The summed E-state index contributed by atoms with van der Waals surface area (Å²) in [5.74, 6) is 0.495. The SMILES string of the molecule is CCCCN=C1CCCC=C1Nc1c(CN(C)C)cccc1C(C)C. The molecule has 0 saturated carbocycles. The molecule has 3 heteroatoms. The summed E-state index contributed by atoms with van der Waals surface area (Å²) < 4.78 is 0. The molecule has 3 nitrogen and oxygen atoms in total. The largest absolute Gasteiger partial charge is 0.354 e. The topological polar surface area (TPSA) is 27.6 Å². The van der Waals surface area contributed by atoms with E-state index in [1.807, 2.05) is 0 Å². The van der Waals surface area contributed by atoms with Gasteiger partial charge in [0.2, 0.25) is 0 Å². The van der Waals surface area contributed by atoms with Crippen LogP contribution in [0.5, 0.6) is 0 Å². The van der Waals surface area contributed by atoms with Crippen LogP contribution in [0.3, 0.4) is 0 Å². The van der Waals surface area contributed by atoms with E-state index in [2.05, 4.69) is 69.4 Å². The van der Waals surface area contributed by atoms with Gasteiger partial charge in [-0.3, -0.25) is 4.99 Å². The van der Waals surface area contributed by atoms with Gasteiger partial charge in [0.05, 0.1) is 11.4 Å². The third-order valence-electron chi connectivity index (χ3n) is 4.64. The van der Waals surface area contributed by atoms with Gasteiger partial charge < -0.3 is 10.2 Å². The first-order valence-corrected chi connectivity index (χ1v) is 9.80. The number of para-hydroxylation sites is 1. The highest BCUT2D eigenvalue weighted by atomic mass is 15.1. The van der Waals surface area contributed by atoms with Gasteiger partial charge in [-0.25, -0.2) is 0 Å². The standard InChI is InChI=1S/C22H35N3/c1-6-7-15-23-20-13-8-9-14-21(20)24-22-18(16-25(4)5)11-10-12-19(22)17(2)3/h10-12,14,17,24H,6-9,13,15-16H2,1-5H3. The number of nitrogens with one attached hydrogen (secondary N) is 1. The molecule has 25 heavy (non-hydrogen) atoms. The lowest BCUT2D eigenvalue weighted by atomic mass is 9.95. The molecule has 0 heterocycles. The summed E-state index contributed by atoms with van der Waals surface area (Å²) in [7, 11) is 4.26. The molecule has 1 aromatic carbocycles. The van der Waals surface area contributed by atoms with Crippen molar-refractivity contribution in [1.29, 1.82) is 0 Å². The van der Waals surface area contributed by atoms with Crippen molar-refractivity contribution in [3.63, 3.8) is 0 Å². The van der Waals surface area contributed by atoms with E-state index in [0.717, 1.165) is 25.9 Å². The average Bonchev–Trinajstić information content (AvgIpc) is 2.57. The second-order valence-electron chi connectivity index (χ2n) is 7.59. The molecule has 0 atom stereocenters. The number of hydrogen-bond donors (Lipinski definition) is 1. The number of rotatable bonds is 8. The summed E-state index contributed by atoms with van der Waals surface area (Å²) in [5, 5.41) is 3.79. The van der Waals surface area contributed by atoms with Crippen LogP contribution in [0.2, 0.25) is 0 Å². The lowest BCUT2D eigenvalue weighted by Crippen LogP contribution is -2.19. The summed E-state index contributed by atoms with van der Waals surface area (Å²) in [6.45, 7) is 8.65. The molecule has 1 aliphatic rings. The molecule has 1 N–H and O–H groups in total. The van der Waals surface area contributed by atoms with Crippen molar-refractivity contribution in [2.24, 2.45) is 4.99 Å². The first kappa shape index (κ1) is 19.7. The van der Waals surface area contributed by atoms with Gasteiger partial charge in [-0.2, -0.15) is 0 Å². The minimum absolute atomic E-state index is 0.495. The molecule has 0 amide bonds. The molecular weight excluding hydrogens is 306 g/mol. The highest BCUT2D eigenvalue weighted by molar-refractivity contribution is 6.03. The predicted molar refractivity (Wildman–Crippen MR) is 111 cm³/mol. The first-order chi connectivity index (χ1) is 12.0. The summed E-state index contributed by atoms with van der Waals surface area (Å²) in [5.41, 5.74) is 6.52. The Hall–Kier alpha value is -1.61. The lowest BCUT2D eigenvalue weighted by Gasteiger charge is -2.24. The molecule has 0 unspecified atom stereocenters. The van der Waals surface area contributed by atoms with Gasteiger partial charge in [0.1, 0.15) is 0 Å². The van der Waals surface area contributed by atoms with E-state index in [-0.39, 0.29) is 0 Å². The number of benzene rings is 1. The summed E-state index contributed by atoms with van der Waals surface area (Å²) in [6.07, 6.45) is 8.16. The van der Waals surface area contributed by atoms with E-state index in [1.54, 1.807) is 0 Å². The van der Waals surface area contributed by atoms with Crippen LogP contribution in [0.4, 0.5) is 5.69 Å². The van der Waals surface area contributed by atoms with Crippen molar-refractivity contribution in [2.75, 3.05) is 26.0 Å². The third-order valence-corrected chi connectivity index (χ3v) is 4.64. The Labute approximate surface area is 154 Å². The molecular formula is C22H35N3. The molecule has 0 saturated heterocycles. The smallest absolute Gasteiger partial charge is 0.0579 e. The maximum atomic E-state index is 4.89. The van der Waals surface area contributed by atoms with Gasteiger partial charge in [-0.1, -0.05) is 51.5 Å². The maximum absolute atomic E-state index is 4.89. The Morgan fingerprint density at radius 3 is 2.72 bits per heavy atom. The van der Waals surface area contributed by atoms with E-state index in [9.17, 15) is 0 Å². The molecule has 0 bridgehead atoms. The highest BCUT2D eigenvalue weighted by Crippen LogP contribution is 2.31. The predicted octanol–water partition coefficient (Wildman–Crippen LogP) is 5.59. The van der Waals surface area contributed by atoms with Crippen molar-refractivity contribution in [3.05, 3.63) is 41.1 Å². The Balaban J connectivity index is 2.33. The van der Waals surface area contributed by atoms with Crippen molar-refractivity contribution in [1.82, 2.24) is 4.90 Å². The van der Waals surface area contributed by atoms with Gasteiger partial charge in [0, 0.05) is 18.8 Å². The molecule has 138 valence electrons. The van der Waals surface area contributed by atoms with Gasteiger partial charge in [0.15, 0.2) is 0 Å². The van der Waals surface area contributed by atoms with E-state index >= 15 is 0 Å². The normalized spacial score (nSPS) is 16.6. The molecule has 1 aliphatic carbocycles. The quantitative estimate of drug-likeness (QED) is 0.624. The molecule has 0 aliphatic heterocycles. The maximum Gasteiger partial charge on any atom is 0.0579 e. The molecule has 0 spiro atoms. The summed E-state index contributed by atoms with van der Waals surface area (Å²) in [6, 6.07) is 6.68. The number of unbranched alkanes of at least 4 members (excludes halogenated alkanes) is 1. The average molecular weight is 342 g/mol. The second kappa shape index (κ2) is 9.76. The summed E-state index contributed by atoms with van der Waals surface area (Å²) >= 11 is 0. The van der Waals surface area contributed by atoms with Gasteiger partial charge >= 0.3 is 0 Å². The molecule has 2 rings (SSSR count). The number of aliphatic imine (C=N–C) groups is 1. The van der Waals surface area contributed by atoms with Crippen LogP contribution in [0, 0.1) is 0 Å². The molecule has 0 aromatic heterocycles. The van der Waals surface area contributed by atoms with E-state index in [0.29, 0.717) is 5.92 Å². The van der Waals surface area contributed by atoms with Crippen LogP contribution >= 0.6 is 0 Å². The second-order valence-corrected chi connectivity index (χ2v) is 7.59. The Kier molecular flexibility index (Phi) is 7.70. The van der Waals surface area contributed by atoms with Crippen LogP contribution in [0.25, 0.3) is 0 Å². The first-order valence-electron chi connectivity index (χ1n) is 9.80. The minimum atomic E-state index is 0.495. The minimum Gasteiger partial charge on any atom is -0.354 e. The number of nitrogens with zero attached hydrogens (tertiary/aromatic N) is 2. The molecule has 0 radical (unpaired) electrons. The number of anilines is 1. The zero-order chi connectivity index (χ0) is 18.2. The van der Waals surface area contributed by atoms with Gasteiger partial charge in [-0.15, -0.1) is 0 Å². The Morgan fingerprint density at radius 2 is 2.04 bits per heavy atom. The zero-order valence-electron chi connectivity index (χ0n) is 16.7. The van der Waals surface area contributed by atoms with Crippen molar-refractivity contribution >= 4 is 11.4 Å². The fourth-order valence-electron chi connectivity index (χ4n) is 3.29. The lowest BCUT2D eigenvalue weighted by molar-refractivity contribution is 0.403. The Bertz CT molecular complexity index is 612. The van der Waals surface area contributed by atoms with E-state index < -0.39 is 0 Å². The van der Waals surface area contributed by atoms with Crippen LogP contribution < -0.4 is 5.32 Å². The van der Waals surface area contributed by atoms with Crippen LogP contribution in [-0.4, -0.2) is 31.3 Å². The Morgan fingerprint density at radius 1 is 1.24 bits per heavy atom. The highest BCUT2D eigenvalue weighted by Gasteiger charge is 2.17. The van der Waals surface area contributed by atoms with Crippen molar-refractivity contribution in [3.8, 4) is 0 Å². The van der Waals surface area contributed by atoms with Gasteiger partial charge in [-0.05, 0) is 56.8 Å². The van der Waals surface area contributed by atoms with Crippen molar-refractivity contribution in [2.45, 2.75) is 65.3 Å². The number of allylic oxidation sites excluding steroid dienone is 2. The monoisotopic (exact) mass is 341 g/mol.